The molecule has 0 aliphatic heterocycles. The summed E-state index contributed by atoms with van der Waals surface area (Å²) >= 11 is 3.12. The molecule has 1 aliphatic carbocycles. The van der Waals surface area contributed by atoms with E-state index < -0.39 is 22.6 Å². The normalized spacial score (nSPS) is 14.6. The second-order valence-corrected chi connectivity index (χ2v) is 7.02. The van der Waals surface area contributed by atoms with E-state index in [1.807, 2.05) is 0 Å². The molecule has 0 aromatic heterocycles. The third kappa shape index (κ3) is 4.51. The topological polar surface area (TPSA) is 116 Å². The Bertz CT molecular complexity index is 685. The smallest absolute Gasteiger partial charge is 0.339 e. The first-order chi connectivity index (χ1) is 9.77. The molecule has 0 spiro atoms. The molecule has 1 saturated carbocycles. The molecular weight excluding hydrogens is 364 g/mol. The van der Waals surface area contributed by atoms with Crippen LogP contribution >= 0.6 is 15.9 Å². The van der Waals surface area contributed by atoms with Crippen molar-refractivity contribution in [3.05, 3.63) is 28.2 Å². The summed E-state index contributed by atoms with van der Waals surface area (Å²) in [6, 6.07) is 3.91. The Kier molecular flexibility index (Phi) is 4.64. The van der Waals surface area contributed by atoms with Crippen LogP contribution in [-0.4, -0.2) is 32.9 Å². The quantitative estimate of drug-likeness (QED) is 0.727. The highest BCUT2D eigenvalue weighted by molar-refractivity contribution is 9.10. The maximum atomic E-state index is 11.9. The average molecular weight is 377 g/mol. The summed E-state index contributed by atoms with van der Waals surface area (Å²) in [5.74, 6) is -1.19. The maximum absolute atomic E-state index is 11.9. The van der Waals surface area contributed by atoms with Crippen molar-refractivity contribution >= 4 is 37.8 Å². The van der Waals surface area contributed by atoms with Crippen LogP contribution < -0.4 is 10.5 Å². The van der Waals surface area contributed by atoms with Crippen molar-refractivity contribution < 1.29 is 22.7 Å². The zero-order valence-electron chi connectivity index (χ0n) is 10.8. The Balaban J connectivity index is 2.05. The second-order valence-electron chi connectivity index (χ2n) is 4.60. The number of ether oxygens (including phenoxy) is 1. The number of nitrogens with two attached hydrogens (primary N) is 1. The first-order valence-corrected chi connectivity index (χ1v) is 8.40. The molecule has 21 heavy (non-hydrogen) atoms. The van der Waals surface area contributed by atoms with Crippen molar-refractivity contribution in [1.82, 2.24) is 5.32 Å². The number of esters is 1. The van der Waals surface area contributed by atoms with E-state index in [0.717, 1.165) is 18.9 Å². The average Bonchev–Trinajstić information content (AvgIpc) is 3.19. The van der Waals surface area contributed by atoms with Crippen LogP contribution in [0.5, 0.6) is 0 Å². The molecule has 1 aromatic rings. The van der Waals surface area contributed by atoms with Gasteiger partial charge in [-0.1, -0.05) is 0 Å². The molecule has 0 unspecified atom stereocenters. The van der Waals surface area contributed by atoms with Crippen LogP contribution in [0.2, 0.25) is 0 Å². The number of amides is 1. The Morgan fingerprint density at radius 3 is 2.62 bits per heavy atom. The monoisotopic (exact) mass is 376 g/mol. The fraction of sp³-hybridized carbons (Fsp3) is 0.333. The summed E-state index contributed by atoms with van der Waals surface area (Å²) in [6.07, 6.45) is 1.86. The molecular formula is C12H13BrN2O5S. The van der Waals surface area contributed by atoms with Crippen LogP contribution in [0.25, 0.3) is 0 Å². The van der Waals surface area contributed by atoms with E-state index in [1.54, 1.807) is 0 Å². The van der Waals surface area contributed by atoms with Crippen LogP contribution in [0.4, 0.5) is 0 Å². The van der Waals surface area contributed by atoms with E-state index in [4.69, 9.17) is 9.88 Å². The predicted octanol–water partition coefficient (Wildman–Crippen LogP) is 0.532. The lowest BCUT2D eigenvalue weighted by atomic mass is 10.2. The number of carbonyl (C=O) groups is 2. The zero-order chi connectivity index (χ0) is 15.6. The van der Waals surface area contributed by atoms with Crippen LogP contribution in [0.3, 0.4) is 0 Å². The highest BCUT2D eigenvalue weighted by Gasteiger charge is 2.24. The molecule has 0 heterocycles. The Labute approximate surface area is 130 Å². The molecule has 0 radical (unpaired) electrons. The van der Waals surface area contributed by atoms with Gasteiger partial charge in [-0.15, -0.1) is 0 Å². The molecule has 7 nitrogen and oxygen atoms in total. The van der Waals surface area contributed by atoms with Gasteiger partial charge in [0.2, 0.25) is 10.0 Å². The van der Waals surface area contributed by atoms with Crippen molar-refractivity contribution in [1.29, 1.82) is 0 Å². The van der Waals surface area contributed by atoms with Crippen molar-refractivity contribution in [2.24, 2.45) is 5.14 Å². The highest BCUT2D eigenvalue weighted by Crippen LogP contribution is 2.21. The minimum Gasteiger partial charge on any atom is -0.452 e. The van der Waals surface area contributed by atoms with Crippen molar-refractivity contribution in [3.8, 4) is 0 Å². The van der Waals surface area contributed by atoms with Gasteiger partial charge in [0, 0.05) is 10.5 Å². The lowest BCUT2D eigenvalue weighted by Crippen LogP contribution is -2.30. The molecule has 1 amide bonds. The third-order valence-electron chi connectivity index (χ3n) is 2.76. The molecule has 0 atom stereocenters. The van der Waals surface area contributed by atoms with E-state index in [2.05, 4.69) is 21.2 Å². The summed E-state index contributed by atoms with van der Waals surface area (Å²) in [7, 11) is -3.92. The SMILES string of the molecule is NS(=O)(=O)c1ccc(Br)c(C(=O)OCC(=O)NC2CC2)c1. The molecule has 0 bridgehead atoms. The molecule has 9 heteroatoms. The number of sulfonamides is 1. The van der Waals surface area contributed by atoms with E-state index in [0.29, 0.717) is 4.47 Å². The maximum Gasteiger partial charge on any atom is 0.339 e. The third-order valence-corrected chi connectivity index (χ3v) is 4.37. The van der Waals surface area contributed by atoms with Gasteiger partial charge in [-0.3, -0.25) is 4.79 Å². The number of hydrogen-bond donors (Lipinski definition) is 2. The summed E-state index contributed by atoms with van der Waals surface area (Å²) < 4.78 is 27.7. The van der Waals surface area contributed by atoms with E-state index in [1.165, 1.54) is 12.1 Å². The highest BCUT2D eigenvalue weighted by atomic mass is 79.9. The molecule has 1 fully saturated rings. The van der Waals surface area contributed by atoms with Gasteiger partial charge in [-0.2, -0.15) is 0 Å². The fourth-order valence-electron chi connectivity index (χ4n) is 1.54. The summed E-state index contributed by atoms with van der Waals surface area (Å²) in [4.78, 5) is 23.1. The molecule has 1 aromatic carbocycles. The first kappa shape index (κ1) is 15.9. The number of primary sulfonamides is 1. The summed E-state index contributed by atoms with van der Waals surface area (Å²) in [6.45, 7) is -0.415. The number of carbonyl (C=O) groups excluding carboxylic acids is 2. The molecule has 2 rings (SSSR count). The fourth-order valence-corrected chi connectivity index (χ4v) is 2.49. The van der Waals surface area contributed by atoms with Gasteiger partial charge in [0.1, 0.15) is 0 Å². The van der Waals surface area contributed by atoms with Crippen LogP contribution in [0.15, 0.2) is 27.6 Å². The molecule has 1 aliphatic rings. The molecule has 114 valence electrons. The summed E-state index contributed by atoms with van der Waals surface area (Å²) in [5, 5.41) is 7.67. The largest absolute Gasteiger partial charge is 0.452 e. The van der Waals surface area contributed by atoms with Gasteiger partial charge >= 0.3 is 5.97 Å². The Morgan fingerprint density at radius 2 is 2.05 bits per heavy atom. The minimum atomic E-state index is -3.92. The second kappa shape index (κ2) is 6.12. The van der Waals surface area contributed by atoms with Gasteiger partial charge in [0.25, 0.3) is 5.91 Å². The number of halogens is 1. The van der Waals surface area contributed by atoms with Crippen LogP contribution in [-0.2, 0) is 19.6 Å². The Morgan fingerprint density at radius 1 is 1.38 bits per heavy atom. The summed E-state index contributed by atoms with van der Waals surface area (Å²) in [5.41, 5.74) is -0.0132. The molecule has 0 saturated heterocycles. The van der Waals surface area contributed by atoms with Gasteiger partial charge in [-0.25, -0.2) is 18.4 Å². The number of hydrogen-bond acceptors (Lipinski definition) is 5. The van der Waals surface area contributed by atoms with Gasteiger partial charge in [0.15, 0.2) is 6.61 Å². The lowest BCUT2D eigenvalue weighted by molar-refractivity contribution is -0.124. The Hall–Kier alpha value is -1.45. The van der Waals surface area contributed by atoms with Crippen molar-refractivity contribution in [3.63, 3.8) is 0 Å². The first-order valence-electron chi connectivity index (χ1n) is 6.06. The van der Waals surface area contributed by atoms with E-state index in [-0.39, 0.29) is 22.4 Å². The van der Waals surface area contributed by atoms with E-state index in [9.17, 15) is 18.0 Å². The minimum absolute atomic E-state index is 0.0132. The molecule has 3 N–H and O–H groups in total. The number of nitrogens with one attached hydrogen (secondary N) is 1. The lowest BCUT2D eigenvalue weighted by Gasteiger charge is -2.08. The van der Waals surface area contributed by atoms with E-state index >= 15 is 0 Å². The van der Waals surface area contributed by atoms with Gasteiger partial charge in [-0.05, 0) is 47.0 Å². The van der Waals surface area contributed by atoms with Gasteiger partial charge < -0.3 is 10.1 Å². The van der Waals surface area contributed by atoms with Crippen LogP contribution in [0.1, 0.15) is 23.2 Å². The standard InChI is InChI=1S/C12H13BrN2O5S/c13-10-4-3-8(21(14,18)19)5-9(10)12(17)20-6-11(16)15-7-1-2-7/h3-5,7H,1-2,6H2,(H,15,16)(H2,14,18,19). The van der Waals surface area contributed by atoms with Crippen molar-refractivity contribution in [2.75, 3.05) is 6.61 Å². The van der Waals surface area contributed by atoms with Gasteiger partial charge in [0.05, 0.1) is 10.5 Å². The number of rotatable bonds is 5. The van der Waals surface area contributed by atoms with Crippen molar-refractivity contribution in [2.45, 2.75) is 23.8 Å². The number of benzene rings is 1. The van der Waals surface area contributed by atoms with Crippen LogP contribution in [0, 0.1) is 0 Å². The zero-order valence-corrected chi connectivity index (χ0v) is 13.2. The predicted molar refractivity (Wildman–Crippen MR) is 77.0 cm³/mol.